The van der Waals surface area contributed by atoms with Gasteiger partial charge in [0, 0.05) is 0 Å². The Kier molecular flexibility index (Phi) is 9.53. The third-order valence-electron chi connectivity index (χ3n) is 5.04. The number of allylic oxidation sites excluding steroid dienone is 1. The molecule has 27 heavy (non-hydrogen) atoms. The number of hydrogen-bond acceptors (Lipinski definition) is 6. The number of carbonyl (C=O) groups excluding carboxylic acids is 3. The standard InChI is InChI=1S/C21H34O6/c1-5-12-21(13-8-7-9-14-21)27-18(23)11-10-17(22)25-15-16-26-19(24)20(3,4)6-2/h5,12H,6-11,13-16H2,1-4H3/b12-5+. The molecule has 1 rings (SSSR count). The highest BCUT2D eigenvalue weighted by molar-refractivity contribution is 5.78. The zero-order chi connectivity index (χ0) is 20.3. The zero-order valence-corrected chi connectivity index (χ0v) is 17.2. The van der Waals surface area contributed by atoms with E-state index in [-0.39, 0.29) is 38.0 Å². The van der Waals surface area contributed by atoms with Gasteiger partial charge in [0.25, 0.3) is 0 Å². The molecule has 0 aliphatic heterocycles. The molecule has 1 aliphatic rings. The van der Waals surface area contributed by atoms with Crippen molar-refractivity contribution in [3.63, 3.8) is 0 Å². The molecule has 0 spiro atoms. The minimum absolute atomic E-state index is 0.0120. The van der Waals surface area contributed by atoms with Crippen LogP contribution in [0.15, 0.2) is 12.2 Å². The van der Waals surface area contributed by atoms with E-state index in [0.717, 1.165) is 32.1 Å². The highest BCUT2D eigenvalue weighted by atomic mass is 16.6. The van der Waals surface area contributed by atoms with Crippen molar-refractivity contribution in [3.05, 3.63) is 12.2 Å². The Hall–Kier alpha value is -1.85. The predicted octanol–water partition coefficient (Wildman–Crippen LogP) is 4.11. The van der Waals surface area contributed by atoms with Crippen LogP contribution in [0.4, 0.5) is 0 Å². The van der Waals surface area contributed by atoms with Crippen LogP contribution in [-0.4, -0.2) is 36.7 Å². The number of hydrogen-bond donors (Lipinski definition) is 0. The van der Waals surface area contributed by atoms with Gasteiger partial charge in [-0.05, 0) is 59.0 Å². The fraction of sp³-hybridized carbons (Fsp3) is 0.762. The second-order valence-electron chi connectivity index (χ2n) is 7.69. The van der Waals surface area contributed by atoms with E-state index in [0.29, 0.717) is 6.42 Å². The highest BCUT2D eigenvalue weighted by Crippen LogP contribution is 2.33. The van der Waals surface area contributed by atoms with Crippen LogP contribution in [0.3, 0.4) is 0 Å². The molecule has 0 heterocycles. The van der Waals surface area contributed by atoms with Gasteiger partial charge in [0.05, 0.1) is 18.3 Å². The van der Waals surface area contributed by atoms with Crippen LogP contribution in [0.2, 0.25) is 0 Å². The molecule has 154 valence electrons. The Morgan fingerprint density at radius 3 is 2.15 bits per heavy atom. The first-order valence-electron chi connectivity index (χ1n) is 9.93. The molecule has 0 bridgehead atoms. The van der Waals surface area contributed by atoms with Gasteiger partial charge in [-0.25, -0.2) is 0 Å². The molecule has 6 heteroatoms. The minimum Gasteiger partial charge on any atom is -0.462 e. The van der Waals surface area contributed by atoms with E-state index in [1.807, 2.05) is 26.0 Å². The van der Waals surface area contributed by atoms with Crippen LogP contribution in [0, 0.1) is 5.41 Å². The summed E-state index contributed by atoms with van der Waals surface area (Å²) in [5, 5.41) is 0. The molecule has 6 nitrogen and oxygen atoms in total. The van der Waals surface area contributed by atoms with Crippen LogP contribution < -0.4 is 0 Å². The number of rotatable bonds is 10. The summed E-state index contributed by atoms with van der Waals surface area (Å²) in [5.74, 6) is -1.20. The summed E-state index contributed by atoms with van der Waals surface area (Å²) < 4.78 is 15.8. The second-order valence-corrected chi connectivity index (χ2v) is 7.69. The lowest BCUT2D eigenvalue weighted by Crippen LogP contribution is -2.35. The highest BCUT2D eigenvalue weighted by Gasteiger charge is 2.33. The van der Waals surface area contributed by atoms with Crippen molar-refractivity contribution in [2.45, 2.75) is 84.7 Å². The van der Waals surface area contributed by atoms with Gasteiger partial charge in [0.15, 0.2) is 0 Å². The van der Waals surface area contributed by atoms with Gasteiger partial charge in [-0.1, -0.05) is 19.4 Å². The molecule has 0 amide bonds. The van der Waals surface area contributed by atoms with Crippen molar-refractivity contribution in [2.24, 2.45) is 5.41 Å². The smallest absolute Gasteiger partial charge is 0.311 e. The molecule has 0 N–H and O–H groups in total. The van der Waals surface area contributed by atoms with Gasteiger partial charge in [-0.3, -0.25) is 14.4 Å². The summed E-state index contributed by atoms with van der Waals surface area (Å²) in [6.07, 6.45) is 9.36. The maximum Gasteiger partial charge on any atom is 0.311 e. The van der Waals surface area contributed by atoms with Crippen LogP contribution in [0.5, 0.6) is 0 Å². The van der Waals surface area contributed by atoms with Gasteiger partial charge in [0.2, 0.25) is 0 Å². The molecule has 1 aliphatic carbocycles. The van der Waals surface area contributed by atoms with E-state index in [9.17, 15) is 14.4 Å². The van der Waals surface area contributed by atoms with Crippen molar-refractivity contribution in [3.8, 4) is 0 Å². The average Bonchev–Trinajstić information content (AvgIpc) is 2.64. The molecule has 0 atom stereocenters. The van der Waals surface area contributed by atoms with Crippen LogP contribution in [0.1, 0.15) is 79.1 Å². The van der Waals surface area contributed by atoms with Gasteiger partial charge < -0.3 is 14.2 Å². The van der Waals surface area contributed by atoms with E-state index in [4.69, 9.17) is 14.2 Å². The van der Waals surface area contributed by atoms with Crippen LogP contribution >= 0.6 is 0 Å². The van der Waals surface area contributed by atoms with Crippen LogP contribution in [0.25, 0.3) is 0 Å². The maximum absolute atomic E-state index is 12.1. The third kappa shape index (κ3) is 8.14. The SMILES string of the molecule is C/C=C/C1(OC(=O)CCC(=O)OCCOC(=O)C(C)(C)CC)CCCCC1. The molecule has 0 radical (unpaired) electrons. The largest absolute Gasteiger partial charge is 0.462 e. The maximum atomic E-state index is 12.1. The van der Waals surface area contributed by atoms with Gasteiger partial charge in [-0.2, -0.15) is 0 Å². The Morgan fingerprint density at radius 2 is 1.56 bits per heavy atom. The Morgan fingerprint density at radius 1 is 0.963 bits per heavy atom. The van der Waals surface area contributed by atoms with Crippen LogP contribution in [-0.2, 0) is 28.6 Å². The third-order valence-corrected chi connectivity index (χ3v) is 5.04. The first-order chi connectivity index (χ1) is 12.7. The van der Waals surface area contributed by atoms with E-state index in [1.54, 1.807) is 13.8 Å². The first-order valence-corrected chi connectivity index (χ1v) is 9.93. The van der Waals surface area contributed by atoms with E-state index >= 15 is 0 Å². The summed E-state index contributed by atoms with van der Waals surface area (Å²) in [7, 11) is 0. The van der Waals surface area contributed by atoms with E-state index in [1.165, 1.54) is 0 Å². The summed E-state index contributed by atoms with van der Waals surface area (Å²) >= 11 is 0. The monoisotopic (exact) mass is 382 g/mol. The fourth-order valence-electron chi connectivity index (χ4n) is 2.94. The van der Waals surface area contributed by atoms with Crippen molar-refractivity contribution in [1.29, 1.82) is 0 Å². The molecular weight excluding hydrogens is 348 g/mol. The summed E-state index contributed by atoms with van der Waals surface area (Å²) in [6.45, 7) is 7.44. The van der Waals surface area contributed by atoms with Gasteiger partial charge >= 0.3 is 17.9 Å². The lowest BCUT2D eigenvalue weighted by atomic mass is 9.84. The average molecular weight is 382 g/mol. The number of carbonyl (C=O) groups is 3. The minimum atomic E-state index is -0.546. The Labute approximate surface area is 162 Å². The fourth-order valence-corrected chi connectivity index (χ4v) is 2.94. The lowest BCUT2D eigenvalue weighted by molar-refractivity contribution is -0.162. The first kappa shape index (κ1) is 23.2. The van der Waals surface area contributed by atoms with Gasteiger partial charge in [0.1, 0.15) is 18.8 Å². The molecule has 1 fully saturated rings. The lowest BCUT2D eigenvalue weighted by Gasteiger charge is -2.34. The summed E-state index contributed by atoms with van der Waals surface area (Å²) in [5.41, 5.74) is -1.07. The summed E-state index contributed by atoms with van der Waals surface area (Å²) in [6, 6.07) is 0. The van der Waals surface area contributed by atoms with E-state index < -0.39 is 17.0 Å². The molecule has 0 unspecified atom stereocenters. The zero-order valence-electron chi connectivity index (χ0n) is 17.2. The number of esters is 3. The summed E-state index contributed by atoms with van der Waals surface area (Å²) in [4.78, 5) is 35.7. The molecule has 1 saturated carbocycles. The van der Waals surface area contributed by atoms with Crippen molar-refractivity contribution in [2.75, 3.05) is 13.2 Å². The van der Waals surface area contributed by atoms with Crippen molar-refractivity contribution < 1.29 is 28.6 Å². The predicted molar refractivity (Wildman–Crippen MR) is 102 cm³/mol. The Bertz CT molecular complexity index is 529. The second kappa shape index (κ2) is 11.1. The molecule has 0 aromatic carbocycles. The quantitative estimate of drug-likeness (QED) is 0.245. The molecular formula is C21H34O6. The topological polar surface area (TPSA) is 78.9 Å². The Balaban J connectivity index is 2.27. The van der Waals surface area contributed by atoms with Crippen molar-refractivity contribution >= 4 is 17.9 Å². The molecule has 0 aromatic heterocycles. The number of ether oxygens (including phenoxy) is 3. The molecule has 0 saturated heterocycles. The van der Waals surface area contributed by atoms with E-state index in [2.05, 4.69) is 0 Å². The van der Waals surface area contributed by atoms with Gasteiger partial charge in [-0.15, -0.1) is 0 Å². The normalized spacial score (nSPS) is 16.7. The van der Waals surface area contributed by atoms with Crippen molar-refractivity contribution in [1.82, 2.24) is 0 Å². The molecule has 0 aromatic rings.